The maximum Gasteiger partial charge on any atom is 0.142 e. The van der Waals surface area contributed by atoms with Crippen molar-refractivity contribution < 1.29 is 4.74 Å². The van der Waals surface area contributed by atoms with Crippen LogP contribution >= 0.6 is 0 Å². The van der Waals surface area contributed by atoms with Gasteiger partial charge in [-0.25, -0.2) is 0 Å². The Hall–Kier alpha value is -1.22. The van der Waals surface area contributed by atoms with Crippen molar-refractivity contribution in [3.8, 4) is 5.75 Å². The van der Waals surface area contributed by atoms with Crippen molar-refractivity contribution >= 4 is 5.69 Å². The average molecular weight is 246 g/mol. The lowest BCUT2D eigenvalue weighted by molar-refractivity contribution is 0.131. The topological polar surface area (TPSA) is 24.5 Å². The molecule has 3 heteroatoms. The fourth-order valence-corrected chi connectivity index (χ4v) is 3.16. The van der Waals surface area contributed by atoms with Crippen molar-refractivity contribution in [2.24, 2.45) is 5.92 Å². The van der Waals surface area contributed by atoms with Gasteiger partial charge in [-0.15, -0.1) is 0 Å². The maximum atomic E-state index is 6.07. The van der Waals surface area contributed by atoms with Gasteiger partial charge in [-0.05, 0) is 31.4 Å². The first-order valence-corrected chi connectivity index (χ1v) is 6.96. The molecule has 2 aliphatic rings. The smallest absolute Gasteiger partial charge is 0.142 e. The summed E-state index contributed by atoms with van der Waals surface area (Å²) in [5.41, 5.74) is 1.12. The molecular weight excluding hydrogens is 224 g/mol. The molecule has 3 nitrogen and oxygen atoms in total. The molecule has 2 heterocycles. The number of fused-ring (bicyclic) bond motifs is 1. The quantitative estimate of drug-likeness (QED) is 0.868. The van der Waals surface area contributed by atoms with E-state index in [1.54, 1.807) is 0 Å². The van der Waals surface area contributed by atoms with Gasteiger partial charge >= 0.3 is 0 Å². The van der Waals surface area contributed by atoms with E-state index in [0.717, 1.165) is 30.4 Å². The molecule has 0 radical (unpaired) electrons. The lowest BCUT2D eigenvalue weighted by atomic mass is 10.1. The van der Waals surface area contributed by atoms with Gasteiger partial charge in [0.1, 0.15) is 11.9 Å². The van der Waals surface area contributed by atoms with E-state index in [0.29, 0.717) is 6.04 Å². The van der Waals surface area contributed by atoms with Crippen molar-refractivity contribution in [1.29, 1.82) is 0 Å². The fourth-order valence-electron chi connectivity index (χ4n) is 3.16. The average Bonchev–Trinajstić information content (AvgIpc) is 2.68. The molecule has 0 spiro atoms. The number of anilines is 1. The third-order valence-corrected chi connectivity index (χ3v) is 4.05. The van der Waals surface area contributed by atoms with Crippen molar-refractivity contribution in [3.05, 3.63) is 24.3 Å². The Bertz CT molecular complexity index is 421. The van der Waals surface area contributed by atoms with Crippen molar-refractivity contribution in [2.75, 3.05) is 25.0 Å². The SMILES string of the molecule is CC1CC(C)N(CC2CNc3ccccc3O2)C1. The summed E-state index contributed by atoms with van der Waals surface area (Å²) in [6.45, 7) is 7.82. The lowest BCUT2D eigenvalue weighted by Gasteiger charge is -2.32. The molecule has 1 fully saturated rings. The molecule has 3 unspecified atom stereocenters. The molecule has 1 saturated heterocycles. The van der Waals surface area contributed by atoms with Crippen LogP contribution in [0.25, 0.3) is 0 Å². The highest BCUT2D eigenvalue weighted by Gasteiger charge is 2.29. The van der Waals surface area contributed by atoms with Crippen LogP contribution in [0.2, 0.25) is 0 Å². The largest absolute Gasteiger partial charge is 0.485 e. The van der Waals surface area contributed by atoms with E-state index >= 15 is 0 Å². The molecule has 0 bridgehead atoms. The summed E-state index contributed by atoms with van der Waals surface area (Å²) in [5, 5.41) is 3.46. The third-order valence-electron chi connectivity index (χ3n) is 4.05. The van der Waals surface area contributed by atoms with Crippen LogP contribution in [0.5, 0.6) is 5.75 Å². The zero-order chi connectivity index (χ0) is 12.5. The highest BCUT2D eigenvalue weighted by molar-refractivity contribution is 5.57. The van der Waals surface area contributed by atoms with Crippen LogP contribution in [0.15, 0.2) is 24.3 Å². The van der Waals surface area contributed by atoms with Crippen LogP contribution in [0.1, 0.15) is 20.3 Å². The summed E-state index contributed by atoms with van der Waals surface area (Å²) in [6.07, 6.45) is 1.59. The van der Waals surface area contributed by atoms with E-state index in [1.807, 2.05) is 18.2 Å². The number of benzene rings is 1. The Kier molecular flexibility index (Phi) is 3.16. The highest BCUT2D eigenvalue weighted by Crippen LogP contribution is 2.29. The molecule has 0 saturated carbocycles. The van der Waals surface area contributed by atoms with E-state index in [4.69, 9.17) is 4.74 Å². The van der Waals surface area contributed by atoms with Crippen molar-refractivity contribution in [2.45, 2.75) is 32.4 Å². The van der Waals surface area contributed by atoms with Gasteiger partial charge in [0.15, 0.2) is 0 Å². The number of nitrogens with zero attached hydrogens (tertiary/aromatic N) is 1. The maximum absolute atomic E-state index is 6.07. The van der Waals surface area contributed by atoms with Crippen LogP contribution in [0.4, 0.5) is 5.69 Å². The van der Waals surface area contributed by atoms with Gasteiger partial charge in [0, 0.05) is 19.1 Å². The minimum Gasteiger partial charge on any atom is -0.485 e. The lowest BCUT2D eigenvalue weighted by Crippen LogP contribution is -2.43. The molecule has 98 valence electrons. The number of nitrogens with one attached hydrogen (secondary N) is 1. The molecule has 0 aromatic heterocycles. The molecule has 2 aliphatic heterocycles. The summed E-state index contributed by atoms with van der Waals surface area (Å²) in [4.78, 5) is 2.56. The molecule has 18 heavy (non-hydrogen) atoms. The summed E-state index contributed by atoms with van der Waals surface area (Å²) in [6, 6.07) is 8.89. The number of likely N-dealkylation sites (tertiary alicyclic amines) is 1. The van der Waals surface area contributed by atoms with Gasteiger partial charge in [-0.3, -0.25) is 4.90 Å². The van der Waals surface area contributed by atoms with Gasteiger partial charge in [0.25, 0.3) is 0 Å². The molecule has 1 aromatic rings. The Morgan fingerprint density at radius 3 is 2.94 bits per heavy atom. The number of hydrogen-bond donors (Lipinski definition) is 1. The number of hydrogen-bond acceptors (Lipinski definition) is 3. The first-order valence-electron chi connectivity index (χ1n) is 6.96. The van der Waals surface area contributed by atoms with Crippen LogP contribution in [0.3, 0.4) is 0 Å². The second-order valence-electron chi connectivity index (χ2n) is 5.76. The van der Waals surface area contributed by atoms with Crippen LogP contribution < -0.4 is 10.1 Å². The fraction of sp³-hybridized carbons (Fsp3) is 0.600. The third kappa shape index (κ3) is 2.32. The predicted octanol–water partition coefficient (Wildman–Crippen LogP) is 2.59. The summed E-state index contributed by atoms with van der Waals surface area (Å²) in [5.74, 6) is 1.82. The van der Waals surface area contributed by atoms with Gasteiger partial charge in [0.2, 0.25) is 0 Å². The van der Waals surface area contributed by atoms with Gasteiger partial charge < -0.3 is 10.1 Å². The number of ether oxygens (including phenoxy) is 1. The van der Waals surface area contributed by atoms with Crippen LogP contribution in [-0.2, 0) is 0 Å². The van der Waals surface area contributed by atoms with Crippen molar-refractivity contribution in [3.63, 3.8) is 0 Å². The minimum absolute atomic E-state index is 0.271. The molecular formula is C15H22N2O. The summed E-state index contributed by atoms with van der Waals surface area (Å²) >= 11 is 0. The Labute approximate surface area is 109 Å². The van der Waals surface area contributed by atoms with E-state index in [1.165, 1.54) is 13.0 Å². The van der Waals surface area contributed by atoms with E-state index < -0.39 is 0 Å². The van der Waals surface area contributed by atoms with Gasteiger partial charge in [-0.2, -0.15) is 0 Å². The highest BCUT2D eigenvalue weighted by atomic mass is 16.5. The number of para-hydroxylation sites is 2. The summed E-state index contributed by atoms with van der Waals surface area (Å²) < 4.78 is 6.07. The Balaban J connectivity index is 1.63. The van der Waals surface area contributed by atoms with Crippen molar-refractivity contribution in [1.82, 2.24) is 4.90 Å². The first kappa shape index (κ1) is 11.8. The molecule has 0 amide bonds. The predicted molar refractivity (Wildman–Crippen MR) is 74.2 cm³/mol. The normalized spacial score (nSPS) is 31.6. The monoisotopic (exact) mass is 246 g/mol. The molecule has 1 N–H and O–H groups in total. The number of rotatable bonds is 2. The Morgan fingerprint density at radius 1 is 1.33 bits per heavy atom. The minimum atomic E-state index is 0.271. The standard InChI is InChI=1S/C15H22N2O/c1-11-7-12(2)17(9-11)10-13-8-16-14-5-3-4-6-15(14)18-13/h3-6,11-13,16H,7-10H2,1-2H3. The van der Waals surface area contributed by atoms with E-state index in [2.05, 4.69) is 30.1 Å². The first-order chi connectivity index (χ1) is 8.72. The molecule has 1 aromatic carbocycles. The zero-order valence-corrected chi connectivity index (χ0v) is 11.2. The Morgan fingerprint density at radius 2 is 2.17 bits per heavy atom. The zero-order valence-electron chi connectivity index (χ0n) is 11.2. The second-order valence-corrected chi connectivity index (χ2v) is 5.76. The second kappa shape index (κ2) is 4.81. The summed E-state index contributed by atoms with van der Waals surface area (Å²) in [7, 11) is 0. The molecule has 3 atom stereocenters. The van der Waals surface area contributed by atoms with Crippen LogP contribution in [0, 0.1) is 5.92 Å². The van der Waals surface area contributed by atoms with E-state index in [9.17, 15) is 0 Å². The molecule has 3 rings (SSSR count). The molecule has 0 aliphatic carbocycles. The van der Waals surface area contributed by atoms with E-state index in [-0.39, 0.29) is 6.10 Å². The van der Waals surface area contributed by atoms with Gasteiger partial charge in [0.05, 0.1) is 12.2 Å². The van der Waals surface area contributed by atoms with Crippen LogP contribution in [-0.4, -0.2) is 36.7 Å². The van der Waals surface area contributed by atoms with Gasteiger partial charge in [-0.1, -0.05) is 19.1 Å².